The second-order valence-corrected chi connectivity index (χ2v) is 9.80. The summed E-state index contributed by atoms with van der Waals surface area (Å²) < 4.78 is 10.1. The Morgan fingerprint density at radius 3 is 2.71 bits per heavy atom. The number of rotatable bonds is 9. The molecule has 4 aromatic rings. The molecule has 0 saturated carbocycles. The van der Waals surface area contributed by atoms with Gasteiger partial charge in [-0.1, -0.05) is 42.1 Å². The molecule has 1 atom stereocenters. The molecule has 1 aromatic carbocycles. The lowest BCUT2D eigenvalue weighted by atomic mass is 10.2. The predicted molar refractivity (Wildman–Crippen MR) is 137 cm³/mol. The van der Waals surface area contributed by atoms with Crippen LogP contribution in [0.5, 0.6) is 0 Å². The van der Waals surface area contributed by atoms with Crippen molar-refractivity contribution >= 4 is 17.5 Å². The van der Waals surface area contributed by atoms with Crippen molar-refractivity contribution < 1.29 is 9.53 Å². The summed E-state index contributed by atoms with van der Waals surface area (Å²) in [6, 6.07) is 16.1. The summed E-state index contributed by atoms with van der Waals surface area (Å²) in [7, 11) is 0. The predicted octanol–water partition coefficient (Wildman–Crippen LogP) is 4.96. The first kappa shape index (κ1) is 23.5. The van der Waals surface area contributed by atoms with Crippen LogP contribution in [-0.4, -0.2) is 48.6 Å². The maximum atomic E-state index is 13.3. The number of hydrogen-bond acceptors (Lipinski definition) is 6. The highest BCUT2D eigenvalue weighted by Gasteiger charge is 2.22. The number of aryl methyl sites for hydroxylation is 1. The Morgan fingerprint density at radius 2 is 1.97 bits per heavy atom. The molecular formula is C27H29N5O2S. The second kappa shape index (κ2) is 10.6. The molecule has 1 saturated heterocycles. The lowest BCUT2D eigenvalue weighted by Crippen LogP contribution is -2.17. The smallest absolute Gasteiger partial charge is 0.192 e. The molecule has 8 heteroatoms. The molecule has 4 heterocycles. The summed E-state index contributed by atoms with van der Waals surface area (Å²) in [6.45, 7) is 6.33. The molecule has 0 spiro atoms. The molecule has 0 unspecified atom stereocenters. The van der Waals surface area contributed by atoms with Gasteiger partial charge in [0.15, 0.2) is 16.8 Å². The van der Waals surface area contributed by atoms with Crippen LogP contribution in [0.4, 0.5) is 0 Å². The van der Waals surface area contributed by atoms with Gasteiger partial charge < -0.3 is 9.30 Å². The van der Waals surface area contributed by atoms with E-state index in [9.17, 15) is 4.79 Å². The standard InChI is InChI=1S/C27H29N5O2S/c1-19-14-24(20(2)31(19)17-23-11-7-13-34-23)25(33)18-35-27-30-29-26(22-10-6-12-28-15-22)32(27)16-21-8-4-3-5-9-21/h3-6,8-10,12,14-15,23H,7,11,13,16-18H2,1-2H3/t23-/m1/s1. The summed E-state index contributed by atoms with van der Waals surface area (Å²) >= 11 is 1.43. The number of carbonyl (C=O) groups excluding carboxylic acids is 1. The van der Waals surface area contributed by atoms with E-state index in [0.29, 0.717) is 17.5 Å². The van der Waals surface area contributed by atoms with Gasteiger partial charge in [-0.3, -0.25) is 14.3 Å². The zero-order chi connectivity index (χ0) is 24.2. The number of Topliss-reactive ketones (excluding diaryl/α,β-unsaturated/α-hetero) is 1. The van der Waals surface area contributed by atoms with Gasteiger partial charge in [0.2, 0.25) is 0 Å². The van der Waals surface area contributed by atoms with E-state index in [0.717, 1.165) is 59.9 Å². The van der Waals surface area contributed by atoms with Gasteiger partial charge in [-0.05, 0) is 50.5 Å². The topological polar surface area (TPSA) is 74.8 Å². The van der Waals surface area contributed by atoms with Crippen LogP contribution in [0.1, 0.15) is 40.2 Å². The van der Waals surface area contributed by atoms with Crippen molar-refractivity contribution in [2.75, 3.05) is 12.4 Å². The monoisotopic (exact) mass is 487 g/mol. The Labute approximate surface area is 209 Å². The first-order valence-electron chi connectivity index (χ1n) is 11.9. The number of benzene rings is 1. The summed E-state index contributed by atoms with van der Waals surface area (Å²) in [5.74, 6) is 1.13. The van der Waals surface area contributed by atoms with Gasteiger partial charge in [0.05, 0.1) is 18.4 Å². The molecule has 35 heavy (non-hydrogen) atoms. The average molecular weight is 488 g/mol. The molecule has 5 rings (SSSR count). The van der Waals surface area contributed by atoms with Crippen LogP contribution >= 0.6 is 11.8 Å². The Bertz CT molecular complexity index is 1290. The first-order chi connectivity index (χ1) is 17.1. The molecule has 0 N–H and O–H groups in total. The van der Waals surface area contributed by atoms with Crippen molar-refractivity contribution in [1.82, 2.24) is 24.3 Å². The van der Waals surface area contributed by atoms with E-state index in [1.165, 1.54) is 11.8 Å². The number of hydrogen-bond donors (Lipinski definition) is 0. The number of thioether (sulfide) groups is 1. The fourth-order valence-corrected chi connectivity index (χ4v) is 5.40. The maximum Gasteiger partial charge on any atom is 0.192 e. The van der Waals surface area contributed by atoms with E-state index >= 15 is 0 Å². The van der Waals surface area contributed by atoms with Crippen LogP contribution < -0.4 is 0 Å². The summed E-state index contributed by atoms with van der Waals surface area (Å²) in [4.78, 5) is 17.5. The quantitative estimate of drug-likeness (QED) is 0.245. The molecule has 0 radical (unpaired) electrons. The van der Waals surface area contributed by atoms with Crippen LogP contribution in [-0.2, 0) is 17.8 Å². The third kappa shape index (κ3) is 5.23. The highest BCUT2D eigenvalue weighted by atomic mass is 32.2. The van der Waals surface area contributed by atoms with Gasteiger partial charge in [-0.25, -0.2) is 0 Å². The molecule has 1 aliphatic heterocycles. The minimum Gasteiger partial charge on any atom is -0.376 e. The van der Waals surface area contributed by atoms with Gasteiger partial charge in [0.1, 0.15) is 0 Å². The average Bonchev–Trinajstić information content (AvgIpc) is 3.61. The summed E-state index contributed by atoms with van der Waals surface area (Å²) in [6.07, 6.45) is 5.95. The van der Waals surface area contributed by atoms with Crippen LogP contribution in [0.15, 0.2) is 66.1 Å². The van der Waals surface area contributed by atoms with Crippen LogP contribution in [0.2, 0.25) is 0 Å². The molecule has 0 aliphatic carbocycles. The molecular weight excluding hydrogens is 458 g/mol. The van der Waals surface area contributed by atoms with Crippen LogP contribution in [0, 0.1) is 13.8 Å². The zero-order valence-corrected chi connectivity index (χ0v) is 20.9. The third-order valence-electron chi connectivity index (χ3n) is 6.44. The third-order valence-corrected chi connectivity index (χ3v) is 7.40. The lowest BCUT2D eigenvalue weighted by Gasteiger charge is -2.14. The van der Waals surface area contributed by atoms with Gasteiger partial charge in [0.25, 0.3) is 0 Å². The van der Waals surface area contributed by atoms with Gasteiger partial charge in [-0.15, -0.1) is 10.2 Å². The van der Waals surface area contributed by atoms with E-state index in [2.05, 4.69) is 43.4 Å². The van der Waals surface area contributed by atoms with Crippen molar-refractivity contribution in [3.05, 3.63) is 83.4 Å². The van der Waals surface area contributed by atoms with Crippen molar-refractivity contribution in [3.8, 4) is 11.4 Å². The molecule has 7 nitrogen and oxygen atoms in total. The summed E-state index contributed by atoms with van der Waals surface area (Å²) in [5, 5.41) is 9.61. The second-order valence-electron chi connectivity index (χ2n) is 8.86. The van der Waals surface area contributed by atoms with Gasteiger partial charge >= 0.3 is 0 Å². The fraction of sp³-hybridized carbons (Fsp3) is 0.333. The normalized spacial score (nSPS) is 15.5. The minimum absolute atomic E-state index is 0.0962. The largest absolute Gasteiger partial charge is 0.376 e. The van der Waals surface area contributed by atoms with E-state index in [1.54, 1.807) is 12.4 Å². The number of nitrogens with zero attached hydrogens (tertiary/aromatic N) is 5. The molecule has 3 aromatic heterocycles. The molecule has 0 bridgehead atoms. The summed E-state index contributed by atoms with van der Waals surface area (Å²) in [5.41, 5.74) is 4.91. The van der Waals surface area contributed by atoms with Crippen molar-refractivity contribution in [2.45, 2.75) is 51.0 Å². The molecule has 0 amide bonds. The van der Waals surface area contributed by atoms with Crippen LogP contribution in [0.3, 0.4) is 0 Å². The van der Waals surface area contributed by atoms with E-state index < -0.39 is 0 Å². The number of pyridine rings is 1. The number of carbonyl (C=O) groups is 1. The minimum atomic E-state index is 0.0962. The Balaban J connectivity index is 1.36. The van der Waals surface area contributed by atoms with Crippen molar-refractivity contribution in [1.29, 1.82) is 0 Å². The van der Waals surface area contributed by atoms with Crippen molar-refractivity contribution in [2.24, 2.45) is 0 Å². The highest BCUT2D eigenvalue weighted by molar-refractivity contribution is 7.99. The van der Waals surface area contributed by atoms with E-state index in [4.69, 9.17) is 4.74 Å². The molecule has 180 valence electrons. The SMILES string of the molecule is Cc1cc(C(=O)CSc2nnc(-c3cccnc3)n2Cc2ccccc2)c(C)n1C[C@H]1CCCO1. The highest BCUT2D eigenvalue weighted by Crippen LogP contribution is 2.27. The van der Waals surface area contributed by atoms with Crippen LogP contribution in [0.25, 0.3) is 11.4 Å². The van der Waals surface area contributed by atoms with Gasteiger partial charge in [0, 0.05) is 48.1 Å². The van der Waals surface area contributed by atoms with E-state index in [1.807, 2.05) is 43.3 Å². The lowest BCUT2D eigenvalue weighted by molar-refractivity contribution is 0.0957. The Hall–Kier alpha value is -3.23. The van der Waals surface area contributed by atoms with Gasteiger partial charge in [-0.2, -0.15) is 0 Å². The maximum absolute atomic E-state index is 13.3. The number of aromatic nitrogens is 5. The molecule has 1 aliphatic rings. The number of ether oxygens (including phenoxy) is 1. The Morgan fingerprint density at radius 1 is 1.11 bits per heavy atom. The molecule has 1 fully saturated rings. The Kier molecular flexibility index (Phi) is 7.11. The fourth-order valence-electron chi connectivity index (χ4n) is 4.58. The first-order valence-corrected chi connectivity index (χ1v) is 12.9. The van der Waals surface area contributed by atoms with E-state index in [-0.39, 0.29) is 11.9 Å². The number of ketones is 1. The van der Waals surface area contributed by atoms with Crippen molar-refractivity contribution in [3.63, 3.8) is 0 Å². The zero-order valence-electron chi connectivity index (χ0n) is 20.1.